The van der Waals surface area contributed by atoms with E-state index in [1.165, 1.54) is 23.8 Å². The maximum Gasteiger partial charge on any atom is 0.407 e. The van der Waals surface area contributed by atoms with Gasteiger partial charge in [0.2, 0.25) is 11.8 Å². The summed E-state index contributed by atoms with van der Waals surface area (Å²) in [4.78, 5) is 77.2. The first-order valence-electron chi connectivity index (χ1n) is 25.8. The first kappa shape index (κ1) is 47.6. The van der Waals surface area contributed by atoms with Gasteiger partial charge in [-0.15, -0.1) is 0 Å². The van der Waals surface area contributed by atoms with Crippen LogP contribution in [0, 0.1) is 23.7 Å². The van der Waals surface area contributed by atoms with Crippen molar-refractivity contribution in [1.82, 2.24) is 40.4 Å². The number of carboxylic acid groups (broad SMARTS) is 1. The van der Waals surface area contributed by atoms with Crippen molar-refractivity contribution >= 4 is 51.8 Å². The fourth-order valence-corrected chi connectivity index (χ4v) is 13.2. The minimum Gasteiger partial charge on any atom is -0.465 e. The van der Waals surface area contributed by atoms with Crippen LogP contribution in [0.4, 0.5) is 15.3 Å². The molecule has 2 saturated carbocycles. The number of aromatic amines is 2. The van der Waals surface area contributed by atoms with Crippen molar-refractivity contribution in [3.05, 3.63) is 89.0 Å². The summed E-state index contributed by atoms with van der Waals surface area (Å²) in [6.45, 7) is 14.4. The van der Waals surface area contributed by atoms with Crippen LogP contribution in [-0.4, -0.2) is 90.1 Å². The minimum atomic E-state index is -1.19. The molecule has 0 spiro atoms. The van der Waals surface area contributed by atoms with Gasteiger partial charge >= 0.3 is 12.2 Å². The van der Waals surface area contributed by atoms with Gasteiger partial charge < -0.3 is 45.1 Å². The number of H-pyrrole nitrogens is 2. The van der Waals surface area contributed by atoms with Crippen molar-refractivity contribution < 1.29 is 29.0 Å². The zero-order valence-corrected chi connectivity index (χ0v) is 42.0. The number of methoxy groups -OCH3 is 1. The molecule has 5 heterocycles. The number of fused-ring (bicyclic) bond motifs is 4. The molecule has 2 aromatic heterocycles. The van der Waals surface area contributed by atoms with Crippen molar-refractivity contribution in [2.45, 2.75) is 166 Å². The second-order valence-corrected chi connectivity index (χ2v) is 22.6. The third-order valence-electron chi connectivity index (χ3n) is 16.7. The quantitative estimate of drug-likeness (QED) is 0.0858. The van der Waals surface area contributed by atoms with Gasteiger partial charge in [-0.05, 0) is 134 Å². The number of rotatable bonds is 11. The molecule has 15 heteroatoms. The Morgan fingerprint density at radius 3 is 1.56 bits per heavy atom. The van der Waals surface area contributed by atoms with E-state index in [0.29, 0.717) is 11.8 Å². The number of amides is 4. The number of hydrogen-bond donors (Lipinski definition) is 5. The Labute approximate surface area is 410 Å². The lowest BCUT2D eigenvalue weighted by molar-refractivity contribution is -0.138. The van der Waals surface area contributed by atoms with E-state index in [0.717, 1.165) is 104 Å². The van der Waals surface area contributed by atoms with E-state index in [9.17, 15) is 24.3 Å². The van der Waals surface area contributed by atoms with Gasteiger partial charge in [0.1, 0.15) is 23.7 Å². The number of ether oxygens (including phenoxy) is 1. The maximum absolute atomic E-state index is 14.5. The van der Waals surface area contributed by atoms with Crippen molar-refractivity contribution in [3.8, 4) is 0 Å². The smallest absolute Gasteiger partial charge is 0.407 e. The highest BCUT2D eigenvalue weighted by molar-refractivity contribution is 5.88. The number of nitrogens with zero attached hydrogens (tertiary/aromatic N) is 5. The molecule has 3 saturated heterocycles. The summed E-state index contributed by atoms with van der Waals surface area (Å²) in [5, 5.41) is 15.0. The monoisotopic (exact) mass is 954 g/mol. The molecule has 0 bridgehead atoms. The van der Waals surface area contributed by atoms with Crippen LogP contribution in [0.2, 0.25) is 0 Å². The molecule has 5 aliphatic rings. The van der Waals surface area contributed by atoms with Crippen LogP contribution in [0.15, 0.2) is 60.7 Å². The molecule has 2 aliphatic carbocycles. The summed E-state index contributed by atoms with van der Waals surface area (Å²) in [7, 11) is 1.32. The topological polar surface area (TPSA) is 189 Å². The molecule has 3 unspecified atom stereocenters. The minimum absolute atomic E-state index is 0.00141. The van der Waals surface area contributed by atoms with E-state index >= 15 is 0 Å². The Morgan fingerprint density at radius 1 is 0.657 bits per heavy atom. The van der Waals surface area contributed by atoms with Crippen molar-refractivity contribution in [1.29, 1.82) is 0 Å². The van der Waals surface area contributed by atoms with Gasteiger partial charge in [-0.25, -0.2) is 19.6 Å². The fourth-order valence-electron chi connectivity index (χ4n) is 13.2. The zero-order valence-electron chi connectivity index (χ0n) is 42.0. The molecule has 3 aromatic carbocycles. The van der Waals surface area contributed by atoms with Gasteiger partial charge in [-0.1, -0.05) is 85.6 Å². The molecule has 4 amide bonds. The van der Waals surface area contributed by atoms with E-state index in [1.54, 1.807) is 0 Å². The summed E-state index contributed by atoms with van der Waals surface area (Å²) < 4.78 is 4.92. The van der Waals surface area contributed by atoms with Crippen molar-refractivity contribution in [2.24, 2.45) is 23.7 Å². The Kier molecular flexibility index (Phi) is 12.6. The van der Waals surface area contributed by atoms with Crippen molar-refractivity contribution in [2.75, 3.05) is 12.0 Å². The van der Waals surface area contributed by atoms with Gasteiger partial charge in [0.25, 0.3) is 0 Å². The second kappa shape index (κ2) is 18.6. The maximum atomic E-state index is 14.5. The standard InChI is InChI=1S/C55H71N9O6/c1-29(2)47(60-53(67)68)51(65)63-41-13-9-11-31(41)27-45(63)49-56-37-21-15-33(25-39(37)58-49)43-23-24-44(62(43)36-19-17-35(18-20-36)55(5,6)7)34-16-22-38-40(26-34)59-50(57-38)46-28-32-12-10-14-42(32)64(46)52(66)48(30(3)4)61-54(69)70-8/h15-22,25-26,29-32,41-48,60H,9-14,23-24,27-28H2,1-8H3,(H,56,58)(H,57,59)(H,61,69)(H,67,68)/t31-,32-,41-,42-,43+,44+,45-,46?,47?,48?/m0/s1. The number of alkyl carbamates (subject to hydrolysis) is 1. The van der Waals surface area contributed by atoms with Crippen LogP contribution in [0.1, 0.15) is 165 Å². The predicted molar refractivity (Wildman–Crippen MR) is 269 cm³/mol. The van der Waals surface area contributed by atoms with Gasteiger partial charge in [-0.3, -0.25) is 9.59 Å². The average Bonchev–Trinajstić information content (AvgIpc) is 4.18. The molecule has 372 valence electrons. The first-order valence-corrected chi connectivity index (χ1v) is 25.8. The summed E-state index contributed by atoms with van der Waals surface area (Å²) in [6.07, 6.45) is 7.80. The summed E-state index contributed by atoms with van der Waals surface area (Å²) in [6, 6.07) is 20.4. The van der Waals surface area contributed by atoms with Gasteiger partial charge in [0.15, 0.2) is 0 Å². The van der Waals surface area contributed by atoms with E-state index < -0.39 is 24.3 Å². The number of anilines is 1. The second-order valence-electron chi connectivity index (χ2n) is 22.6. The normalized spacial score (nSPS) is 26.3. The lowest BCUT2D eigenvalue weighted by atomic mass is 9.87. The number of imidazole rings is 2. The number of carbonyl (C=O) groups is 4. The van der Waals surface area contributed by atoms with Crippen LogP contribution >= 0.6 is 0 Å². The number of carbonyl (C=O) groups excluding carboxylic acids is 3. The Bertz CT molecular complexity index is 2780. The third kappa shape index (κ3) is 8.64. The predicted octanol–water partition coefficient (Wildman–Crippen LogP) is 10.4. The van der Waals surface area contributed by atoms with E-state index in [1.807, 2.05) is 37.5 Å². The van der Waals surface area contributed by atoms with Crippen LogP contribution in [0.3, 0.4) is 0 Å². The molecule has 5 N–H and O–H groups in total. The van der Waals surface area contributed by atoms with E-state index in [-0.39, 0.29) is 65.3 Å². The molecule has 10 rings (SSSR count). The van der Waals surface area contributed by atoms with Crippen LogP contribution in [0.5, 0.6) is 0 Å². The zero-order chi connectivity index (χ0) is 49.3. The average molecular weight is 954 g/mol. The molecule has 3 aliphatic heterocycles. The van der Waals surface area contributed by atoms with Gasteiger partial charge in [0.05, 0.1) is 53.3 Å². The summed E-state index contributed by atoms with van der Waals surface area (Å²) in [5.74, 6) is 1.70. The molecule has 15 nitrogen and oxygen atoms in total. The van der Waals surface area contributed by atoms with E-state index in [4.69, 9.17) is 14.7 Å². The Balaban J connectivity index is 0.966. The van der Waals surface area contributed by atoms with Crippen LogP contribution in [-0.2, 0) is 19.7 Å². The number of hydrogen-bond acceptors (Lipinski definition) is 8. The molecular formula is C55H71N9O6. The number of nitrogens with one attached hydrogen (secondary N) is 4. The summed E-state index contributed by atoms with van der Waals surface area (Å²) in [5.41, 5.74) is 8.33. The SMILES string of the molecule is COC(=O)NC(C(=O)N1C(c2nc3ccc([C@H]4CC[C@H](c5ccc6nc([C@@H]7C[C@@H]8CCC[C@@H]8N7C(=O)C(NC(=O)O)C(C)C)[nH]c6c5)N4c4ccc(C(C)(C)C)cc4)cc3[nH]2)C[C@@H]2CCC[C@@H]21)C(C)C. The van der Waals surface area contributed by atoms with Gasteiger partial charge in [0, 0.05) is 17.8 Å². The number of likely N-dealkylation sites (tertiary alicyclic amines) is 2. The summed E-state index contributed by atoms with van der Waals surface area (Å²) >= 11 is 0. The fraction of sp³-hybridized carbons (Fsp3) is 0.564. The lowest BCUT2D eigenvalue weighted by Crippen LogP contribution is -2.53. The first-order chi connectivity index (χ1) is 33.5. The highest BCUT2D eigenvalue weighted by atomic mass is 16.5. The molecule has 10 atom stereocenters. The molecule has 70 heavy (non-hydrogen) atoms. The largest absolute Gasteiger partial charge is 0.465 e. The Hall–Kier alpha value is -6.12. The number of aromatic nitrogens is 4. The van der Waals surface area contributed by atoms with Crippen LogP contribution in [0.25, 0.3) is 22.1 Å². The molecule has 5 aromatic rings. The highest BCUT2D eigenvalue weighted by Gasteiger charge is 2.51. The lowest BCUT2D eigenvalue weighted by Gasteiger charge is -2.34. The molecule has 0 radical (unpaired) electrons. The molecular weight excluding hydrogens is 883 g/mol. The van der Waals surface area contributed by atoms with E-state index in [2.05, 4.69) is 107 Å². The third-order valence-corrected chi connectivity index (χ3v) is 16.7. The molecule has 5 fully saturated rings. The van der Waals surface area contributed by atoms with Gasteiger partial charge in [-0.2, -0.15) is 0 Å². The Morgan fingerprint density at radius 2 is 1.13 bits per heavy atom. The number of benzene rings is 3. The van der Waals surface area contributed by atoms with Crippen molar-refractivity contribution in [3.63, 3.8) is 0 Å². The highest BCUT2D eigenvalue weighted by Crippen LogP contribution is 2.51. The van der Waals surface area contributed by atoms with Crippen LogP contribution < -0.4 is 15.5 Å².